The summed E-state index contributed by atoms with van der Waals surface area (Å²) in [6.45, 7) is 8.60. The topological polar surface area (TPSA) is 137 Å². The van der Waals surface area contributed by atoms with E-state index in [1.165, 1.54) is 43.4 Å². The van der Waals surface area contributed by atoms with Crippen molar-refractivity contribution in [3.8, 4) is 11.1 Å². The highest BCUT2D eigenvalue weighted by molar-refractivity contribution is 9.10. The number of nitrogens with zero attached hydrogens (tertiary/aromatic N) is 3. The van der Waals surface area contributed by atoms with Crippen molar-refractivity contribution in [2.45, 2.75) is 46.8 Å². The highest BCUT2D eigenvalue weighted by Gasteiger charge is 2.16. The minimum absolute atomic E-state index is 0.250. The fourth-order valence-corrected chi connectivity index (χ4v) is 6.36. The van der Waals surface area contributed by atoms with E-state index in [0.717, 1.165) is 52.0 Å². The number of halogens is 5. The van der Waals surface area contributed by atoms with Gasteiger partial charge in [0, 0.05) is 44.2 Å². The van der Waals surface area contributed by atoms with Gasteiger partial charge in [-0.3, -0.25) is 15.0 Å². The average Bonchev–Trinajstić information content (AvgIpc) is 3.15. The van der Waals surface area contributed by atoms with Gasteiger partial charge in [-0.1, -0.05) is 77.9 Å². The van der Waals surface area contributed by atoms with E-state index in [1.54, 1.807) is 25.3 Å². The van der Waals surface area contributed by atoms with Crippen molar-refractivity contribution in [1.29, 1.82) is 0 Å². The number of fused-ring (bicyclic) bond motifs is 2. The maximum Gasteiger partial charge on any atom is 0.488 e. The van der Waals surface area contributed by atoms with Gasteiger partial charge < -0.3 is 25.1 Å². The molecule has 7 rings (SSSR count). The number of pyridine rings is 3. The summed E-state index contributed by atoms with van der Waals surface area (Å²) in [5.41, 5.74) is 4.96. The number of hydrogen-bond donors (Lipinski definition) is 4. The summed E-state index contributed by atoms with van der Waals surface area (Å²) >= 11 is 6.14. The Hall–Kier alpha value is -4.83. The molecule has 3 aromatic heterocycles. The van der Waals surface area contributed by atoms with Gasteiger partial charge in [0.1, 0.15) is 23.7 Å². The van der Waals surface area contributed by atoms with Crippen LogP contribution >= 0.6 is 31.9 Å². The summed E-state index contributed by atoms with van der Waals surface area (Å²) in [6, 6.07) is 25.0. The maximum atomic E-state index is 13.9. The Balaban J connectivity index is 0.000000211. The van der Waals surface area contributed by atoms with Gasteiger partial charge in [0.15, 0.2) is 0 Å². The minimum atomic E-state index is -1.39. The van der Waals surface area contributed by atoms with Gasteiger partial charge in [-0.25, -0.2) is 13.2 Å². The molecule has 8 nitrogen and oxygen atoms in total. The molecule has 2 unspecified atom stereocenters. The Labute approximate surface area is 346 Å². The quantitative estimate of drug-likeness (QED) is 0.101. The van der Waals surface area contributed by atoms with Crippen LogP contribution < -0.4 is 5.46 Å². The third-order valence-electron chi connectivity index (χ3n) is 7.96. The van der Waals surface area contributed by atoms with E-state index in [4.69, 9.17) is 19.9 Å². The maximum absolute atomic E-state index is 13.9. The fraction of sp³-hybridized carbons (Fsp3) is 0.163. The summed E-state index contributed by atoms with van der Waals surface area (Å²) in [5.74, 6) is -1.29. The van der Waals surface area contributed by atoms with E-state index >= 15 is 0 Å². The second-order valence-corrected chi connectivity index (χ2v) is 14.3. The molecule has 57 heavy (non-hydrogen) atoms. The molecular weight excluding hydrogens is 866 g/mol. The van der Waals surface area contributed by atoms with Crippen molar-refractivity contribution >= 4 is 72.3 Å². The van der Waals surface area contributed by atoms with Gasteiger partial charge in [0.25, 0.3) is 0 Å². The molecule has 3 heterocycles. The first-order valence-corrected chi connectivity index (χ1v) is 19.0. The third-order valence-corrected chi connectivity index (χ3v) is 9.03. The van der Waals surface area contributed by atoms with E-state index in [1.807, 2.05) is 55.5 Å². The molecule has 0 aliphatic rings. The van der Waals surface area contributed by atoms with Crippen molar-refractivity contribution in [3.63, 3.8) is 0 Å². The van der Waals surface area contributed by atoms with Crippen LogP contribution in [0.3, 0.4) is 0 Å². The molecule has 2 atom stereocenters. The van der Waals surface area contributed by atoms with E-state index in [2.05, 4.69) is 65.9 Å². The van der Waals surface area contributed by atoms with Crippen molar-refractivity contribution in [2.24, 2.45) is 0 Å². The van der Waals surface area contributed by atoms with Gasteiger partial charge in [-0.15, -0.1) is 0 Å². The second kappa shape index (κ2) is 22.8. The van der Waals surface area contributed by atoms with Crippen LogP contribution in [0.15, 0.2) is 125 Å². The molecule has 0 amide bonds. The predicted octanol–water partition coefficient (Wildman–Crippen LogP) is 9.46. The molecule has 0 saturated carbocycles. The van der Waals surface area contributed by atoms with Crippen molar-refractivity contribution in [2.75, 3.05) is 0 Å². The van der Waals surface area contributed by atoms with Gasteiger partial charge in [-0.2, -0.15) is 0 Å². The smallest absolute Gasteiger partial charge is 0.423 e. The summed E-state index contributed by atoms with van der Waals surface area (Å²) in [7, 11) is -1.39. The van der Waals surface area contributed by atoms with Crippen LogP contribution in [0.1, 0.15) is 55.2 Å². The number of rotatable bonds is 4. The van der Waals surface area contributed by atoms with E-state index in [-0.39, 0.29) is 16.9 Å². The highest BCUT2D eigenvalue weighted by atomic mass is 79.9. The number of aromatic nitrogens is 3. The van der Waals surface area contributed by atoms with Crippen LogP contribution in [0.25, 0.3) is 32.7 Å². The summed E-state index contributed by atoms with van der Waals surface area (Å²) in [6.07, 6.45) is 7.01. The number of benzene rings is 4. The summed E-state index contributed by atoms with van der Waals surface area (Å²) in [5, 5.41) is 41.3. The normalized spacial score (nSPS) is 11.3. The molecule has 0 spiro atoms. The molecule has 296 valence electrons. The number of carbonyl (C=O) groups excluding carboxylic acids is 1. The first-order chi connectivity index (χ1) is 27.1. The van der Waals surface area contributed by atoms with Gasteiger partial charge in [-0.05, 0) is 111 Å². The number of aryl methyl sites for hydroxylation is 2. The average molecular weight is 907 g/mol. The molecule has 7 aromatic rings. The molecule has 0 aliphatic heterocycles. The van der Waals surface area contributed by atoms with Gasteiger partial charge in [0.05, 0.1) is 30.8 Å². The van der Waals surface area contributed by atoms with Crippen LogP contribution in [-0.4, -0.2) is 48.6 Å². The summed E-state index contributed by atoms with van der Waals surface area (Å²) in [4.78, 5) is 19.9. The van der Waals surface area contributed by atoms with Gasteiger partial charge in [0.2, 0.25) is 0 Å². The Morgan fingerprint density at radius 3 is 1.58 bits per heavy atom. The lowest BCUT2D eigenvalue weighted by Gasteiger charge is -2.13. The number of hydrogen-bond acceptors (Lipinski definition) is 8. The molecule has 14 heteroatoms. The standard InChI is InChI=1S/C18H16FNO.C11H11BO2.C7H7BrFNO.C5H3BrFN.C2H4O/c1-11-3-4-14-8-15(6-5-13(14)7-11)16-9-20-10-17(19)18(16)12(2)21;1-8-2-3-10-7-11(12(13)14)5-4-9(10)6-8;1-4(11)7-5(8)2-10-3-6(7)9;6-4-1-5(7)3-8-2-4;1-2-3/h3-10,12,21H,1-2H3;2-7,13-14H,1H3;2-4,11H,1H3;1-3H;2H,1H3. The van der Waals surface area contributed by atoms with Crippen LogP contribution in [0.4, 0.5) is 13.2 Å². The van der Waals surface area contributed by atoms with Crippen molar-refractivity contribution in [1.82, 2.24) is 15.0 Å². The zero-order valence-electron chi connectivity index (χ0n) is 31.7. The van der Waals surface area contributed by atoms with Crippen molar-refractivity contribution < 1.29 is 38.2 Å². The van der Waals surface area contributed by atoms with Crippen LogP contribution in [0.5, 0.6) is 0 Å². The van der Waals surface area contributed by atoms with Crippen LogP contribution in [0.2, 0.25) is 0 Å². The Morgan fingerprint density at radius 2 is 1.11 bits per heavy atom. The molecule has 4 aromatic carbocycles. The molecular formula is C43H41BBr2F3N3O5. The van der Waals surface area contributed by atoms with E-state index in [9.17, 15) is 18.3 Å². The molecule has 0 bridgehead atoms. The molecule has 0 radical (unpaired) electrons. The molecule has 0 fully saturated rings. The molecule has 0 saturated heterocycles. The van der Waals surface area contributed by atoms with E-state index in [0.29, 0.717) is 20.0 Å². The Bertz CT molecular complexity index is 2370. The van der Waals surface area contributed by atoms with Crippen LogP contribution in [0, 0.1) is 31.3 Å². The Morgan fingerprint density at radius 1 is 0.632 bits per heavy atom. The largest absolute Gasteiger partial charge is 0.488 e. The summed E-state index contributed by atoms with van der Waals surface area (Å²) < 4.78 is 40.0. The first kappa shape index (κ1) is 46.6. The number of aliphatic hydroxyl groups is 2. The molecule has 4 N–H and O–H groups in total. The lowest BCUT2D eigenvalue weighted by atomic mass is 9.79. The number of aliphatic hydroxyl groups excluding tert-OH is 2. The number of carbonyl (C=O) groups is 1. The monoisotopic (exact) mass is 905 g/mol. The van der Waals surface area contributed by atoms with E-state index < -0.39 is 31.0 Å². The highest BCUT2D eigenvalue weighted by Crippen LogP contribution is 2.32. The van der Waals surface area contributed by atoms with Crippen molar-refractivity contribution in [3.05, 3.63) is 165 Å². The van der Waals surface area contributed by atoms with Crippen LogP contribution in [-0.2, 0) is 4.79 Å². The minimum Gasteiger partial charge on any atom is -0.423 e. The zero-order valence-corrected chi connectivity index (χ0v) is 34.9. The lowest BCUT2D eigenvalue weighted by Crippen LogP contribution is -2.29. The number of aldehydes is 1. The zero-order chi connectivity index (χ0) is 42.2. The van der Waals surface area contributed by atoms with Gasteiger partial charge >= 0.3 is 7.12 Å². The third kappa shape index (κ3) is 14.3. The predicted molar refractivity (Wildman–Crippen MR) is 227 cm³/mol. The fourth-order valence-electron chi connectivity index (χ4n) is 5.38. The molecule has 0 aliphatic carbocycles. The lowest BCUT2D eigenvalue weighted by molar-refractivity contribution is -0.106. The second-order valence-electron chi connectivity index (χ2n) is 12.6. The SMILES string of the molecule is CC(O)c1c(F)cncc1Br.CC=O.Cc1ccc2cc(-c3cncc(F)c3C(C)O)ccc2c1.Cc1ccc2cc(B(O)O)ccc2c1.Fc1cncc(Br)c1. The Kier molecular flexibility index (Phi) is 18.6. The first-order valence-electron chi connectivity index (χ1n) is 17.4.